The van der Waals surface area contributed by atoms with Crippen LogP contribution in [-0.4, -0.2) is 23.2 Å². The minimum atomic E-state index is -0.291. The molecule has 6 nitrogen and oxygen atoms in total. The zero-order valence-electron chi connectivity index (χ0n) is 13.8. The molecule has 0 aliphatic carbocycles. The lowest BCUT2D eigenvalue weighted by Crippen LogP contribution is -2.14. The second-order valence-corrected chi connectivity index (χ2v) is 5.33. The first kappa shape index (κ1) is 16.4. The summed E-state index contributed by atoms with van der Waals surface area (Å²) in [6.07, 6.45) is 0. The van der Waals surface area contributed by atoms with Crippen molar-refractivity contribution in [1.82, 2.24) is 10.2 Å². The molecule has 2 aromatic carbocycles. The van der Waals surface area contributed by atoms with E-state index in [-0.39, 0.29) is 11.6 Å². The van der Waals surface area contributed by atoms with Crippen molar-refractivity contribution in [3.8, 4) is 5.75 Å². The van der Waals surface area contributed by atoms with Crippen LogP contribution in [0.25, 0.3) is 0 Å². The van der Waals surface area contributed by atoms with Crippen LogP contribution in [0.5, 0.6) is 5.75 Å². The maximum Gasteiger partial charge on any atom is 0.276 e. The van der Waals surface area contributed by atoms with Crippen LogP contribution in [0.4, 0.5) is 11.5 Å². The van der Waals surface area contributed by atoms with Crippen LogP contribution in [0.2, 0.25) is 0 Å². The number of amides is 1. The average molecular weight is 334 g/mol. The maximum absolute atomic E-state index is 12.1. The minimum Gasteiger partial charge on any atom is -0.497 e. The highest BCUT2D eigenvalue weighted by Gasteiger charge is 2.08. The van der Waals surface area contributed by atoms with Gasteiger partial charge in [0.15, 0.2) is 5.69 Å². The molecular formula is C19H18N4O2. The molecule has 0 saturated heterocycles. The van der Waals surface area contributed by atoms with Crippen LogP contribution in [0.15, 0.2) is 66.7 Å². The number of aromatic nitrogens is 2. The predicted molar refractivity (Wildman–Crippen MR) is 96.7 cm³/mol. The van der Waals surface area contributed by atoms with E-state index in [0.717, 1.165) is 17.0 Å². The summed E-state index contributed by atoms with van der Waals surface area (Å²) in [5.41, 5.74) is 2.07. The fourth-order valence-corrected chi connectivity index (χ4v) is 2.20. The lowest BCUT2D eigenvalue weighted by atomic mass is 10.2. The van der Waals surface area contributed by atoms with E-state index in [1.807, 2.05) is 54.6 Å². The molecule has 0 unspecified atom stereocenters. The van der Waals surface area contributed by atoms with Gasteiger partial charge in [0.2, 0.25) is 0 Å². The average Bonchev–Trinajstić information content (AvgIpc) is 2.68. The molecule has 0 spiro atoms. The van der Waals surface area contributed by atoms with Crippen molar-refractivity contribution in [3.63, 3.8) is 0 Å². The highest BCUT2D eigenvalue weighted by atomic mass is 16.5. The molecule has 3 rings (SSSR count). The Morgan fingerprint density at radius 3 is 2.36 bits per heavy atom. The molecule has 3 aromatic rings. The number of methoxy groups -OCH3 is 1. The lowest BCUT2D eigenvalue weighted by Gasteiger charge is -2.07. The van der Waals surface area contributed by atoms with Crippen molar-refractivity contribution in [2.75, 3.05) is 17.7 Å². The molecule has 0 aliphatic rings. The van der Waals surface area contributed by atoms with E-state index in [1.165, 1.54) is 0 Å². The molecule has 0 atom stereocenters. The van der Waals surface area contributed by atoms with E-state index in [1.54, 1.807) is 19.2 Å². The molecule has 2 N–H and O–H groups in total. The summed E-state index contributed by atoms with van der Waals surface area (Å²) in [7, 11) is 1.64. The van der Waals surface area contributed by atoms with Crippen molar-refractivity contribution in [3.05, 3.63) is 78.0 Å². The molecule has 0 aliphatic heterocycles. The van der Waals surface area contributed by atoms with Gasteiger partial charge in [0.05, 0.1) is 7.11 Å². The van der Waals surface area contributed by atoms with Gasteiger partial charge in [-0.2, -0.15) is 0 Å². The van der Waals surface area contributed by atoms with Crippen molar-refractivity contribution in [2.45, 2.75) is 6.54 Å². The van der Waals surface area contributed by atoms with Crippen LogP contribution in [0, 0.1) is 0 Å². The van der Waals surface area contributed by atoms with Gasteiger partial charge in [-0.25, -0.2) is 0 Å². The Morgan fingerprint density at radius 1 is 0.960 bits per heavy atom. The number of carbonyl (C=O) groups is 1. The number of benzene rings is 2. The summed E-state index contributed by atoms with van der Waals surface area (Å²) in [6, 6.07) is 20.4. The first-order valence-electron chi connectivity index (χ1n) is 7.81. The smallest absolute Gasteiger partial charge is 0.276 e. The quantitative estimate of drug-likeness (QED) is 0.723. The van der Waals surface area contributed by atoms with Crippen molar-refractivity contribution < 1.29 is 9.53 Å². The fourth-order valence-electron chi connectivity index (χ4n) is 2.20. The van der Waals surface area contributed by atoms with Gasteiger partial charge in [-0.3, -0.25) is 4.79 Å². The summed E-state index contributed by atoms with van der Waals surface area (Å²) in [6.45, 7) is 0.605. The third-order valence-corrected chi connectivity index (χ3v) is 3.56. The van der Waals surface area contributed by atoms with Gasteiger partial charge in [-0.05, 0) is 42.0 Å². The highest BCUT2D eigenvalue weighted by Crippen LogP contribution is 2.13. The highest BCUT2D eigenvalue weighted by molar-refractivity contribution is 6.02. The molecule has 6 heteroatoms. The van der Waals surface area contributed by atoms with E-state index in [0.29, 0.717) is 12.4 Å². The van der Waals surface area contributed by atoms with Gasteiger partial charge in [-0.15, -0.1) is 10.2 Å². The van der Waals surface area contributed by atoms with E-state index >= 15 is 0 Å². The van der Waals surface area contributed by atoms with Crippen LogP contribution in [0.1, 0.15) is 16.1 Å². The largest absolute Gasteiger partial charge is 0.497 e. The fraction of sp³-hybridized carbons (Fsp3) is 0.105. The molecule has 0 bridgehead atoms. The summed E-state index contributed by atoms with van der Waals surface area (Å²) < 4.78 is 5.13. The lowest BCUT2D eigenvalue weighted by molar-refractivity contribution is 0.102. The number of ether oxygens (including phenoxy) is 1. The van der Waals surface area contributed by atoms with Gasteiger partial charge in [0.25, 0.3) is 5.91 Å². The minimum absolute atomic E-state index is 0.263. The number of carbonyl (C=O) groups excluding carboxylic acids is 1. The molecule has 1 heterocycles. The van der Waals surface area contributed by atoms with Crippen LogP contribution in [-0.2, 0) is 6.54 Å². The molecule has 0 radical (unpaired) electrons. The molecular weight excluding hydrogens is 316 g/mol. The van der Waals surface area contributed by atoms with Gasteiger partial charge in [-0.1, -0.05) is 30.3 Å². The Kier molecular flexibility index (Phi) is 5.21. The van der Waals surface area contributed by atoms with E-state index < -0.39 is 0 Å². The third kappa shape index (κ3) is 4.54. The van der Waals surface area contributed by atoms with E-state index in [2.05, 4.69) is 20.8 Å². The number of nitrogens with one attached hydrogen (secondary N) is 2. The molecule has 126 valence electrons. The predicted octanol–water partition coefficient (Wildman–Crippen LogP) is 3.35. The van der Waals surface area contributed by atoms with Gasteiger partial charge in [0, 0.05) is 12.2 Å². The normalized spacial score (nSPS) is 10.1. The molecule has 1 aromatic heterocycles. The third-order valence-electron chi connectivity index (χ3n) is 3.56. The Labute approximate surface area is 145 Å². The number of rotatable bonds is 6. The zero-order chi connectivity index (χ0) is 17.5. The summed E-state index contributed by atoms with van der Waals surface area (Å²) >= 11 is 0. The Balaban J connectivity index is 1.57. The molecule has 0 saturated carbocycles. The zero-order valence-corrected chi connectivity index (χ0v) is 13.8. The second kappa shape index (κ2) is 7.92. The first-order valence-corrected chi connectivity index (χ1v) is 7.81. The number of hydrogen-bond acceptors (Lipinski definition) is 5. The standard InChI is InChI=1S/C19H18N4O2/c1-25-16-9-7-14(8-10-16)13-20-18-12-11-17(22-23-18)19(24)21-15-5-3-2-4-6-15/h2-12H,13H2,1H3,(H,20,23)(H,21,24). The molecule has 25 heavy (non-hydrogen) atoms. The SMILES string of the molecule is COc1ccc(CNc2ccc(C(=O)Nc3ccccc3)nn2)cc1. The topological polar surface area (TPSA) is 76.1 Å². The Morgan fingerprint density at radius 2 is 1.72 bits per heavy atom. The second-order valence-electron chi connectivity index (χ2n) is 5.33. The van der Waals surface area contributed by atoms with Crippen molar-refractivity contribution >= 4 is 17.4 Å². The number of anilines is 2. The van der Waals surface area contributed by atoms with Gasteiger partial charge >= 0.3 is 0 Å². The van der Waals surface area contributed by atoms with Gasteiger partial charge in [0.1, 0.15) is 11.6 Å². The summed E-state index contributed by atoms with van der Waals surface area (Å²) in [5, 5.41) is 14.0. The first-order chi connectivity index (χ1) is 12.2. The monoisotopic (exact) mass is 334 g/mol. The Bertz CT molecular complexity index is 818. The number of hydrogen-bond donors (Lipinski definition) is 2. The number of para-hydroxylation sites is 1. The van der Waals surface area contributed by atoms with E-state index in [9.17, 15) is 4.79 Å². The van der Waals surface area contributed by atoms with E-state index in [4.69, 9.17) is 4.74 Å². The Hall–Kier alpha value is -3.41. The van der Waals surface area contributed by atoms with Crippen LogP contribution < -0.4 is 15.4 Å². The van der Waals surface area contributed by atoms with Crippen molar-refractivity contribution in [1.29, 1.82) is 0 Å². The van der Waals surface area contributed by atoms with Crippen LogP contribution in [0.3, 0.4) is 0 Å². The number of nitrogens with zero attached hydrogens (tertiary/aromatic N) is 2. The van der Waals surface area contributed by atoms with Crippen LogP contribution >= 0.6 is 0 Å². The molecule has 1 amide bonds. The van der Waals surface area contributed by atoms with Gasteiger partial charge < -0.3 is 15.4 Å². The summed E-state index contributed by atoms with van der Waals surface area (Å²) in [4.78, 5) is 12.1. The maximum atomic E-state index is 12.1. The summed E-state index contributed by atoms with van der Waals surface area (Å²) in [5.74, 6) is 1.13. The molecule has 0 fully saturated rings. The van der Waals surface area contributed by atoms with Crippen molar-refractivity contribution in [2.24, 2.45) is 0 Å².